The van der Waals surface area contributed by atoms with Crippen molar-refractivity contribution in [3.8, 4) is 17.1 Å². The molecule has 7 nitrogen and oxygen atoms in total. The van der Waals surface area contributed by atoms with E-state index in [1.807, 2.05) is 0 Å². The van der Waals surface area contributed by atoms with Gasteiger partial charge in [-0.15, -0.1) is 13.2 Å². The Hall–Kier alpha value is -3.01. The lowest BCUT2D eigenvalue weighted by atomic mass is 9.91. The standard InChI is InChI=1S/C19H20F3N3O4/c20-19(21,22)29-17-4-2-1-3-15(17)16-6-5-14(28-16)11-25-24-9-12-7-13(18(26)27)10-23-8-12/h1-6,11-13,23-24H,7-10H2,(H,26,27)/b25-11+/t12-,13+/m0/s1. The molecule has 0 amide bonds. The third-order valence-corrected chi connectivity index (χ3v) is 4.46. The number of halogens is 3. The van der Waals surface area contributed by atoms with Crippen molar-refractivity contribution in [2.24, 2.45) is 16.9 Å². The Kier molecular flexibility index (Phi) is 6.42. The van der Waals surface area contributed by atoms with E-state index in [4.69, 9.17) is 9.52 Å². The molecule has 10 heteroatoms. The summed E-state index contributed by atoms with van der Waals surface area (Å²) in [5, 5.41) is 16.2. The van der Waals surface area contributed by atoms with Crippen molar-refractivity contribution in [2.75, 3.05) is 19.6 Å². The van der Waals surface area contributed by atoms with Gasteiger partial charge in [0.25, 0.3) is 0 Å². The molecule has 1 aromatic heterocycles. The van der Waals surface area contributed by atoms with Gasteiger partial charge in [-0.25, -0.2) is 0 Å². The lowest BCUT2D eigenvalue weighted by molar-refractivity contribution is -0.274. The highest BCUT2D eigenvalue weighted by molar-refractivity contribution is 5.78. The number of hydrazone groups is 1. The molecule has 156 valence electrons. The summed E-state index contributed by atoms with van der Waals surface area (Å²) in [7, 11) is 0. The maximum Gasteiger partial charge on any atom is 0.573 e. The number of carboxylic acids is 1. The second-order valence-electron chi connectivity index (χ2n) is 6.66. The summed E-state index contributed by atoms with van der Waals surface area (Å²) in [6, 6.07) is 8.81. The number of rotatable bonds is 7. The van der Waals surface area contributed by atoms with Crippen molar-refractivity contribution in [3.05, 3.63) is 42.2 Å². The van der Waals surface area contributed by atoms with Gasteiger partial charge in [0, 0.05) is 13.1 Å². The molecule has 29 heavy (non-hydrogen) atoms. The van der Waals surface area contributed by atoms with Crippen LogP contribution in [0.3, 0.4) is 0 Å². The van der Waals surface area contributed by atoms with E-state index < -0.39 is 18.2 Å². The lowest BCUT2D eigenvalue weighted by Crippen LogP contribution is -2.42. The zero-order chi connectivity index (χ0) is 20.9. The van der Waals surface area contributed by atoms with Gasteiger partial charge in [-0.2, -0.15) is 5.10 Å². The first-order valence-electron chi connectivity index (χ1n) is 8.96. The van der Waals surface area contributed by atoms with E-state index in [0.29, 0.717) is 31.8 Å². The van der Waals surface area contributed by atoms with Crippen LogP contribution in [0.25, 0.3) is 11.3 Å². The average Bonchev–Trinajstić information content (AvgIpc) is 3.13. The molecule has 0 saturated carbocycles. The summed E-state index contributed by atoms with van der Waals surface area (Å²) in [5.41, 5.74) is 3.03. The van der Waals surface area contributed by atoms with Crippen molar-refractivity contribution in [1.29, 1.82) is 0 Å². The summed E-state index contributed by atoms with van der Waals surface area (Å²) in [4.78, 5) is 11.1. The smallest absolute Gasteiger partial charge is 0.481 e. The minimum Gasteiger partial charge on any atom is -0.481 e. The molecule has 3 N–H and O–H groups in total. The van der Waals surface area contributed by atoms with Gasteiger partial charge in [0.05, 0.1) is 17.7 Å². The molecular weight excluding hydrogens is 391 g/mol. The quantitative estimate of drug-likeness (QED) is 0.479. The van der Waals surface area contributed by atoms with Crippen LogP contribution in [0.15, 0.2) is 45.9 Å². The number of nitrogens with zero attached hydrogens (tertiary/aromatic N) is 1. The van der Waals surface area contributed by atoms with Gasteiger partial charge in [-0.3, -0.25) is 4.79 Å². The van der Waals surface area contributed by atoms with Crippen molar-refractivity contribution in [2.45, 2.75) is 12.8 Å². The molecule has 1 aliphatic rings. The SMILES string of the molecule is O=C(O)[C@H]1CNC[C@@H](CN/N=C/c2ccc(-c3ccccc3OC(F)(F)F)o2)C1. The molecule has 3 rings (SSSR count). The van der Waals surface area contributed by atoms with Gasteiger partial charge >= 0.3 is 12.3 Å². The summed E-state index contributed by atoms with van der Waals surface area (Å²) in [6.07, 6.45) is -2.84. The second kappa shape index (κ2) is 8.99. The van der Waals surface area contributed by atoms with Crippen LogP contribution in [0.1, 0.15) is 12.2 Å². The first-order chi connectivity index (χ1) is 13.8. The zero-order valence-electron chi connectivity index (χ0n) is 15.3. The number of piperidine rings is 1. The Bertz CT molecular complexity index is 866. The fraction of sp³-hybridized carbons (Fsp3) is 0.368. The molecule has 2 atom stereocenters. The van der Waals surface area contributed by atoms with E-state index in [0.717, 1.165) is 0 Å². The summed E-state index contributed by atoms with van der Waals surface area (Å²) < 4.78 is 47.2. The van der Waals surface area contributed by atoms with Crippen molar-refractivity contribution >= 4 is 12.2 Å². The Morgan fingerprint density at radius 2 is 2.10 bits per heavy atom. The van der Waals surface area contributed by atoms with Gasteiger partial charge < -0.3 is 25.0 Å². The first kappa shape index (κ1) is 20.7. The third-order valence-electron chi connectivity index (χ3n) is 4.46. The van der Waals surface area contributed by atoms with Crippen LogP contribution in [0, 0.1) is 11.8 Å². The molecule has 0 unspecified atom stereocenters. The van der Waals surface area contributed by atoms with Crippen LogP contribution in [0.5, 0.6) is 5.75 Å². The third kappa shape index (κ3) is 5.98. The second-order valence-corrected chi connectivity index (χ2v) is 6.66. The van der Waals surface area contributed by atoms with Crippen molar-refractivity contribution in [3.63, 3.8) is 0 Å². The molecule has 2 aromatic rings. The fourth-order valence-electron chi connectivity index (χ4n) is 3.12. The first-order valence-corrected chi connectivity index (χ1v) is 8.96. The number of aliphatic carboxylic acids is 1. The number of carboxylic acid groups (broad SMARTS) is 1. The largest absolute Gasteiger partial charge is 0.573 e. The fourth-order valence-corrected chi connectivity index (χ4v) is 3.12. The molecule has 1 fully saturated rings. The molecule has 0 radical (unpaired) electrons. The number of ether oxygens (including phenoxy) is 1. The van der Waals surface area contributed by atoms with Gasteiger partial charge in [0.1, 0.15) is 17.3 Å². The molecule has 1 aliphatic heterocycles. The monoisotopic (exact) mass is 411 g/mol. The topological polar surface area (TPSA) is 96.1 Å². The van der Waals surface area contributed by atoms with Gasteiger partial charge in [-0.05, 0) is 43.1 Å². The molecule has 0 aliphatic carbocycles. The minimum atomic E-state index is -4.80. The van der Waals surface area contributed by atoms with E-state index >= 15 is 0 Å². The van der Waals surface area contributed by atoms with E-state index in [2.05, 4.69) is 20.6 Å². The number of para-hydroxylation sites is 1. The maximum atomic E-state index is 12.6. The van der Waals surface area contributed by atoms with Crippen LogP contribution in [0.2, 0.25) is 0 Å². The number of furan rings is 1. The highest BCUT2D eigenvalue weighted by Gasteiger charge is 2.32. The molecule has 0 spiro atoms. The number of carbonyl (C=O) groups is 1. The number of alkyl halides is 3. The van der Waals surface area contributed by atoms with Crippen LogP contribution in [0.4, 0.5) is 13.2 Å². The Labute approximate surface area is 164 Å². The predicted molar refractivity (Wildman–Crippen MR) is 98.5 cm³/mol. The number of benzene rings is 1. The number of hydrogen-bond acceptors (Lipinski definition) is 6. The van der Waals surface area contributed by atoms with Crippen LogP contribution in [-0.2, 0) is 4.79 Å². The number of nitrogens with one attached hydrogen (secondary N) is 2. The number of hydrogen-bond donors (Lipinski definition) is 3. The van der Waals surface area contributed by atoms with Gasteiger partial charge in [-0.1, -0.05) is 12.1 Å². The average molecular weight is 411 g/mol. The van der Waals surface area contributed by atoms with E-state index in [1.165, 1.54) is 30.5 Å². The highest BCUT2D eigenvalue weighted by atomic mass is 19.4. The molecule has 1 aromatic carbocycles. The van der Waals surface area contributed by atoms with Crippen molar-refractivity contribution in [1.82, 2.24) is 10.7 Å². The minimum absolute atomic E-state index is 0.126. The summed E-state index contributed by atoms with van der Waals surface area (Å²) in [6.45, 7) is 1.65. The van der Waals surface area contributed by atoms with E-state index in [9.17, 15) is 18.0 Å². The highest BCUT2D eigenvalue weighted by Crippen LogP contribution is 2.34. The summed E-state index contributed by atoms with van der Waals surface area (Å²) in [5.74, 6) is -0.893. The van der Waals surface area contributed by atoms with Gasteiger partial charge in [0.2, 0.25) is 0 Å². The summed E-state index contributed by atoms with van der Waals surface area (Å²) >= 11 is 0. The lowest BCUT2D eigenvalue weighted by Gasteiger charge is -2.27. The van der Waals surface area contributed by atoms with Crippen LogP contribution < -0.4 is 15.5 Å². The normalized spacial score (nSPS) is 20.0. The molecule has 0 bridgehead atoms. The van der Waals surface area contributed by atoms with Crippen LogP contribution in [-0.4, -0.2) is 43.3 Å². The van der Waals surface area contributed by atoms with Crippen molar-refractivity contribution < 1.29 is 32.2 Å². The molecule has 2 heterocycles. The maximum absolute atomic E-state index is 12.6. The predicted octanol–water partition coefficient (Wildman–Crippen LogP) is 3.08. The Balaban J connectivity index is 1.58. The Morgan fingerprint density at radius 1 is 1.31 bits per heavy atom. The Morgan fingerprint density at radius 3 is 2.86 bits per heavy atom. The van der Waals surface area contributed by atoms with Crippen LogP contribution >= 0.6 is 0 Å². The van der Waals surface area contributed by atoms with E-state index in [-0.39, 0.29) is 23.0 Å². The zero-order valence-corrected chi connectivity index (χ0v) is 15.3. The van der Waals surface area contributed by atoms with E-state index in [1.54, 1.807) is 12.1 Å². The molecular formula is C19H20F3N3O4. The molecule has 1 saturated heterocycles. The van der Waals surface area contributed by atoms with Gasteiger partial charge in [0.15, 0.2) is 0 Å².